The molecule has 1 aromatic carbocycles. The highest BCUT2D eigenvalue weighted by Crippen LogP contribution is 2.19. The second-order valence-electron chi connectivity index (χ2n) is 4.73. The molecule has 0 saturated carbocycles. The van der Waals surface area contributed by atoms with Crippen LogP contribution in [0.1, 0.15) is 31.2 Å². The van der Waals surface area contributed by atoms with Crippen LogP contribution in [0.2, 0.25) is 5.02 Å². The molecular formula is C15H21ClN2O3. The Kier molecular flexibility index (Phi) is 7.61. The van der Waals surface area contributed by atoms with Gasteiger partial charge in [-0.05, 0) is 37.5 Å². The van der Waals surface area contributed by atoms with Crippen molar-refractivity contribution in [2.75, 3.05) is 19.0 Å². The number of benzene rings is 1. The number of anilines is 1. The van der Waals surface area contributed by atoms with Gasteiger partial charge in [-0.15, -0.1) is 0 Å². The lowest BCUT2D eigenvalue weighted by Gasteiger charge is -2.10. The lowest BCUT2D eigenvalue weighted by molar-refractivity contribution is -0.140. The molecule has 2 N–H and O–H groups in total. The summed E-state index contributed by atoms with van der Waals surface area (Å²) in [7, 11) is 1.38. The number of hydrogen-bond donors (Lipinski definition) is 2. The minimum absolute atomic E-state index is 0.197. The van der Waals surface area contributed by atoms with Crippen LogP contribution in [0.5, 0.6) is 0 Å². The summed E-state index contributed by atoms with van der Waals surface area (Å²) in [6.45, 7) is 2.46. The van der Waals surface area contributed by atoms with Crippen LogP contribution in [0.25, 0.3) is 0 Å². The second-order valence-corrected chi connectivity index (χ2v) is 5.16. The third-order valence-corrected chi connectivity index (χ3v) is 3.25. The maximum atomic E-state index is 11.7. The summed E-state index contributed by atoms with van der Waals surface area (Å²) in [4.78, 5) is 22.6. The Morgan fingerprint density at radius 1 is 1.24 bits per heavy atom. The molecule has 0 bridgehead atoms. The Bertz CT molecular complexity index is 492. The van der Waals surface area contributed by atoms with Crippen molar-refractivity contribution in [3.05, 3.63) is 28.8 Å². The first-order valence-electron chi connectivity index (χ1n) is 6.90. The lowest BCUT2D eigenvalue weighted by Crippen LogP contribution is -2.29. The van der Waals surface area contributed by atoms with Gasteiger partial charge in [-0.3, -0.25) is 4.79 Å². The van der Waals surface area contributed by atoms with Crippen molar-refractivity contribution >= 4 is 29.3 Å². The van der Waals surface area contributed by atoms with E-state index >= 15 is 0 Å². The number of urea groups is 1. The Morgan fingerprint density at radius 3 is 2.71 bits per heavy atom. The standard InChI is InChI=1S/C15H21ClN2O3/c1-11-7-8-12(16)10-13(11)18-15(20)17-9-5-3-4-6-14(19)21-2/h7-8,10H,3-6,9H2,1-2H3,(H2,17,18,20). The number of carbonyl (C=O) groups is 2. The number of esters is 1. The van der Waals surface area contributed by atoms with E-state index in [1.807, 2.05) is 13.0 Å². The number of nitrogens with one attached hydrogen (secondary N) is 2. The third kappa shape index (κ3) is 6.99. The van der Waals surface area contributed by atoms with Gasteiger partial charge >= 0.3 is 12.0 Å². The summed E-state index contributed by atoms with van der Waals surface area (Å²) < 4.78 is 4.55. The zero-order valence-corrected chi connectivity index (χ0v) is 13.1. The Morgan fingerprint density at radius 2 is 2.00 bits per heavy atom. The van der Waals surface area contributed by atoms with Crippen LogP contribution in [-0.2, 0) is 9.53 Å². The van der Waals surface area contributed by atoms with Gasteiger partial charge in [0, 0.05) is 23.7 Å². The molecule has 1 aromatic rings. The predicted octanol–water partition coefficient (Wildman–Crippen LogP) is 3.50. The van der Waals surface area contributed by atoms with Crippen LogP contribution in [0, 0.1) is 6.92 Å². The summed E-state index contributed by atoms with van der Waals surface area (Å²) in [5.41, 5.74) is 1.65. The molecule has 21 heavy (non-hydrogen) atoms. The predicted molar refractivity (Wildman–Crippen MR) is 83.7 cm³/mol. The van der Waals surface area contributed by atoms with Gasteiger partial charge in [-0.25, -0.2) is 4.79 Å². The maximum absolute atomic E-state index is 11.7. The molecule has 0 heterocycles. The summed E-state index contributed by atoms with van der Waals surface area (Å²) in [5.74, 6) is -0.197. The van der Waals surface area contributed by atoms with E-state index in [1.165, 1.54) is 7.11 Å². The molecule has 0 radical (unpaired) electrons. The lowest BCUT2D eigenvalue weighted by atomic mass is 10.2. The summed E-state index contributed by atoms with van der Waals surface area (Å²) in [5, 5.41) is 6.11. The second kappa shape index (κ2) is 9.23. The van der Waals surface area contributed by atoms with Gasteiger partial charge < -0.3 is 15.4 Å². The number of amides is 2. The first-order chi connectivity index (χ1) is 10.0. The van der Waals surface area contributed by atoms with Crippen molar-refractivity contribution in [2.24, 2.45) is 0 Å². The topological polar surface area (TPSA) is 67.4 Å². The van der Waals surface area contributed by atoms with Gasteiger partial charge in [0.05, 0.1) is 7.11 Å². The number of aryl methyl sites for hydroxylation is 1. The smallest absolute Gasteiger partial charge is 0.319 e. The molecule has 5 nitrogen and oxygen atoms in total. The van der Waals surface area contributed by atoms with Gasteiger partial charge in [0.15, 0.2) is 0 Å². The average molecular weight is 313 g/mol. The number of rotatable bonds is 7. The molecule has 0 aliphatic heterocycles. The minimum atomic E-state index is -0.256. The van der Waals surface area contributed by atoms with Crippen molar-refractivity contribution in [3.8, 4) is 0 Å². The number of hydrogen-bond acceptors (Lipinski definition) is 3. The fourth-order valence-corrected chi connectivity index (χ4v) is 1.94. The van der Waals surface area contributed by atoms with Crippen LogP contribution < -0.4 is 10.6 Å². The Balaban J connectivity index is 2.20. The Labute approximate surface area is 130 Å². The van der Waals surface area contributed by atoms with Gasteiger partial charge in [-0.1, -0.05) is 24.1 Å². The van der Waals surface area contributed by atoms with E-state index in [0.29, 0.717) is 23.7 Å². The van der Waals surface area contributed by atoms with Crippen molar-refractivity contribution in [2.45, 2.75) is 32.6 Å². The van der Waals surface area contributed by atoms with Gasteiger partial charge in [0.1, 0.15) is 0 Å². The minimum Gasteiger partial charge on any atom is -0.469 e. The van der Waals surface area contributed by atoms with E-state index in [2.05, 4.69) is 15.4 Å². The summed E-state index contributed by atoms with van der Waals surface area (Å²) in [6.07, 6.45) is 2.87. The van der Waals surface area contributed by atoms with Crippen LogP contribution in [0.3, 0.4) is 0 Å². The molecule has 2 amide bonds. The van der Waals surface area contributed by atoms with E-state index in [1.54, 1.807) is 12.1 Å². The van der Waals surface area contributed by atoms with Gasteiger partial charge in [-0.2, -0.15) is 0 Å². The quantitative estimate of drug-likeness (QED) is 0.598. The van der Waals surface area contributed by atoms with E-state index in [0.717, 1.165) is 24.8 Å². The van der Waals surface area contributed by atoms with E-state index in [4.69, 9.17) is 11.6 Å². The molecule has 0 aliphatic carbocycles. The van der Waals surface area contributed by atoms with Crippen LogP contribution in [0.4, 0.5) is 10.5 Å². The zero-order valence-electron chi connectivity index (χ0n) is 12.4. The van der Waals surface area contributed by atoms with Crippen LogP contribution in [0.15, 0.2) is 18.2 Å². The number of methoxy groups -OCH3 is 1. The molecule has 0 aromatic heterocycles. The third-order valence-electron chi connectivity index (χ3n) is 3.02. The van der Waals surface area contributed by atoms with Crippen molar-refractivity contribution in [3.63, 3.8) is 0 Å². The molecule has 0 unspecified atom stereocenters. The molecule has 0 atom stereocenters. The number of halogens is 1. The largest absolute Gasteiger partial charge is 0.469 e. The molecular weight excluding hydrogens is 292 g/mol. The molecule has 6 heteroatoms. The van der Waals surface area contributed by atoms with Crippen LogP contribution >= 0.6 is 11.6 Å². The van der Waals surface area contributed by atoms with Gasteiger partial charge in [0.2, 0.25) is 0 Å². The van der Waals surface area contributed by atoms with Crippen molar-refractivity contribution < 1.29 is 14.3 Å². The monoisotopic (exact) mass is 312 g/mol. The SMILES string of the molecule is COC(=O)CCCCCNC(=O)Nc1cc(Cl)ccc1C. The number of carbonyl (C=O) groups excluding carboxylic acids is 2. The highest BCUT2D eigenvalue weighted by Gasteiger charge is 2.05. The number of ether oxygens (including phenoxy) is 1. The molecule has 1 rings (SSSR count). The van der Waals surface area contributed by atoms with Gasteiger partial charge in [0.25, 0.3) is 0 Å². The fraction of sp³-hybridized carbons (Fsp3) is 0.467. The van der Waals surface area contributed by atoms with E-state index in [9.17, 15) is 9.59 Å². The first kappa shape index (κ1) is 17.3. The maximum Gasteiger partial charge on any atom is 0.319 e. The first-order valence-corrected chi connectivity index (χ1v) is 7.28. The van der Waals surface area contributed by atoms with Crippen molar-refractivity contribution in [1.29, 1.82) is 0 Å². The molecule has 0 spiro atoms. The van der Waals surface area contributed by atoms with Crippen LogP contribution in [-0.4, -0.2) is 25.7 Å². The summed E-state index contributed by atoms with van der Waals surface area (Å²) >= 11 is 5.89. The van der Waals surface area contributed by atoms with E-state index in [-0.39, 0.29) is 12.0 Å². The highest BCUT2D eigenvalue weighted by molar-refractivity contribution is 6.31. The van der Waals surface area contributed by atoms with E-state index < -0.39 is 0 Å². The average Bonchev–Trinajstić information content (AvgIpc) is 2.46. The van der Waals surface area contributed by atoms with Crippen molar-refractivity contribution in [1.82, 2.24) is 5.32 Å². The normalized spacial score (nSPS) is 10.0. The Hall–Kier alpha value is -1.75. The highest BCUT2D eigenvalue weighted by atomic mass is 35.5. The molecule has 116 valence electrons. The molecule has 0 fully saturated rings. The number of unbranched alkanes of at least 4 members (excludes halogenated alkanes) is 2. The molecule has 0 saturated heterocycles. The fourth-order valence-electron chi connectivity index (χ4n) is 1.77. The molecule has 0 aliphatic rings. The summed E-state index contributed by atoms with van der Waals surface area (Å²) in [6, 6.07) is 5.09. The zero-order chi connectivity index (χ0) is 15.7.